The van der Waals surface area contributed by atoms with E-state index in [1.54, 1.807) is 6.08 Å². The van der Waals surface area contributed by atoms with Crippen molar-refractivity contribution in [2.24, 2.45) is 0 Å². The lowest BCUT2D eigenvalue weighted by Crippen LogP contribution is -2.08. The first kappa shape index (κ1) is 8.71. The van der Waals surface area contributed by atoms with Gasteiger partial charge in [-0.3, -0.25) is 9.59 Å². The number of allylic oxidation sites excluding steroid dienone is 4. The summed E-state index contributed by atoms with van der Waals surface area (Å²) < 4.78 is 4.70. The number of hydrogen-bond acceptors (Lipinski definition) is 3. The third kappa shape index (κ3) is 2.34. The Morgan fingerprint density at radius 2 is 2.33 bits per heavy atom. The molecule has 64 valence electrons. The Balaban J connectivity index is 2.71. The number of ketones is 1. The first-order chi connectivity index (χ1) is 5.70. The molecule has 0 aromatic carbocycles. The van der Waals surface area contributed by atoms with Crippen LogP contribution >= 0.6 is 0 Å². The monoisotopic (exact) mass is 166 g/mol. The zero-order valence-electron chi connectivity index (χ0n) is 6.87. The summed E-state index contributed by atoms with van der Waals surface area (Å²) >= 11 is 0. The molecule has 0 amide bonds. The molecule has 0 saturated carbocycles. The summed E-state index contributed by atoms with van der Waals surface area (Å²) in [4.78, 5) is 21.7. The first-order valence-corrected chi connectivity index (χ1v) is 3.78. The highest BCUT2D eigenvalue weighted by molar-refractivity contribution is 5.96. The van der Waals surface area contributed by atoms with Crippen LogP contribution in [0.15, 0.2) is 24.0 Å². The van der Waals surface area contributed by atoms with Crippen molar-refractivity contribution in [2.45, 2.75) is 19.8 Å². The van der Waals surface area contributed by atoms with Gasteiger partial charge in [-0.25, -0.2) is 0 Å². The van der Waals surface area contributed by atoms with Gasteiger partial charge in [0.25, 0.3) is 0 Å². The molecule has 0 spiro atoms. The van der Waals surface area contributed by atoms with Gasteiger partial charge in [0.05, 0.1) is 0 Å². The van der Waals surface area contributed by atoms with Gasteiger partial charge < -0.3 is 4.74 Å². The van der Waals surface area contributed by atoms with E-state index in [0.29, 0.717) is 12.8 Å². The summed E-state index contributed by atoms with van der Waals surface area (Å²) in [5.41, 5.74) is 0. The molecule has 12 heavy (non-hydrogen) atoms. The minimum atomic E-state index is -0.454. The quantitative estimate of drug-likeness (QED) is 0.552. The molecule has 0 aliphatic heterocycles. The lowest BCUT2D eigenvalue weighted by molar-refractivity contribution is -0.140. The number of ether oxygens (including phenoxy) is 1. The molecule has 0 N–H and O–H groups in total. The van der Waals surface area contributed by atoms with Gasteiger partial charge in [0.2, 0.25) is 0 Å². The van der Waals surface area contributed by atoms with E-state index < -0.39 is 5.97 Å². The molecule has 1 rings (SSSR count). The summed E-state index contributed by atoms with van der Waals surface area (Å²) in [6, 6.07) is 0. The second kappa shape index (κ2) is 3.85. The van der Waals surface area contributed by atoms with Crippen molar-refractivity contribution < 1.29 is 14.3 Å². The van der Waals surface area contributed by atoms with Crippen molar-refractivity contribution in [1.82, 2.24) is 0 Å². The van der Waals surface area contributed by atoms with Crippen LogP contribution in [0.2, 0.25) is 0 Å². The van der Waals surface area contributed by atoms with Crippen LogP contribution in [-0.2, 0) is 14.3 Å². The first-order valence-electron chi connectivity index (χ1n) is 3.78. The molecule has 0 saturated heterocycles. The molecule has 0 aromatic heterocycles. The SMILES string of the molecule is CC(=O)OC1=CC=CCCC1=O. The van der Waals surface area contributed by atoms with E-state index in [9.17, 15) is 9.59 Å². The van der Waals surface area contributed by atoms with Gasteiger partial charge in [-0.2, -0.15) is 0 Å². The molecule has 3 heteroatoms. The van der Waals surface area contributed by atoms with Crippen molar-refractivity contribution >= 4 is 11.8 Å². The van der Waals surface area contributed by atoms with E-state index >= 15 is 0 Å². The minimum Gasteiger partial charge on any atom is -0.423 e. The number of Topliss-reactive ketones (excluding diaryl/α,β-unsaturated/α-hetero) is 1. The Labute approximate surface area is 70.7 Å². The number of rotatable bonds is 1. The number of carbonyl (C=O) groups excluding carboxylic acids is 2. The Morgan fingerprint density at radius 3 is 3.00 bits per heavy atom. The van der Waals surface area contributed by atoms with Gasteiger partial charge in [-0.05, 0) is 12.5 Å². The van der Waals surface area contributed by atoms with E-state index in [2.05, 4.69) is 0 Å². The molecule has 1 aliphatic rings. The van der Waals surface area contributed by atoms with Gasteiger partial charge in [0.1, 0.15) is 0 Å². The van der Waals surface area contributed by atoms with E-state index in [1.165, 1.54) is 13.0 Å². The van der Waals surface area contributed by atoms with Crippen LogP contribution in [0.5, 0.6) is 0 Å². The van der Waals surface area contributed by atoms with Crippen molar-refractivity contribution in [1.29, 1.82) is 0 Å². The highest BCUT2D eigenvalue weighted by Gasteiger charge is 2.12. The van der Waals surface area contributed by atoms with Crippen LogP contribution in [0, 0.1) is 0 Å². The highest BCUT2D eigenvalue weighted by Crippen LogP contribution is 2.09. The number of esters is 1. The van der Waals surface area contributed by atoms with E-state index in [0.717, 1.165) is 0 Å². The van der Waals surface area contributed by atoms with Crippen LogP contribution < -0.4 is 0 Å². The van der Waals surface area contributed by atoms with Gasteiger partial charge in [0, 0.05) is 13.3 Å². The Hall–Kier alpha value is -1.38. The van der Waals surface area contributed by atoms with Crippen LogP contribution in [0.4, 0.5) is 0 Å². The highest BCUT2D eigenvalue weighted by atomic mass is 16.5. The maximum atomic E-state index is 11.2. The van der Waals surface area contributed by atoms with E-state index in [-0.39, 0.29) is 11.5 Å². The third-order valence-corrected chi connectivity index (χ3v) is 1.45. The molecule has 0 heterocycles. The third-order valence-electron chi connectivity index (χ3n) is 1.45. The zero-order chi connectivity index (χ0) is 8.97. The maximum absolute atomic E-state index is 11.2. The molecule has 0 radical (unpaired) electrons. The second-order valence-electron chi connectivity index (χ2n) is 2.51. The molecular weight excluding hydrogens is 156 g/mol. The predicted molar refractivity (Wildman–Crippen MR) is 43.2 cm³/mol. The van der Waals surface area contributed by atoms with E-state index in [1.807, 2.05) is 6.08 Å². The molecule has 3 nitrogen and oxygen atoms in total. The number of hydrogen-bond donors (Lipinski definition) is 0. The summed E-state index contributed by atoms with van der Waals surface area (Å²) in [7, 11) is 0. The zero-order valence-corrected chi connectivity index (χ0v) is 6.87. The Kier molecular flexibility index (Phi) is 2.80. The van der Waals surface area contributed by atoms with Crippen LogP contribution in [0.25, 0.3) is 0 Å². The molecule has 0 fully saturated rings. The second-order valence-corrected chi connectivity index (χ2v) is 2.51. The standard InChI is InChI=1S/C9H10O3/c1-7(10)12-9-6-4-2-3-5-8(9)11/h2,4,6H,3,5H2,1H3. The topological polar surface area (TPSA) is 43.4 Å². The fourth-order valence-electron chi connectivity index (χ4n) is 0.928. The molecule has 0 unspecified atom stereocenters. The Morgan fingerprint density at radius 1 is 1.58 bits per heavy atom. The minimum absolute atomic E-state index is 0.116. The van der Waals surface area contributed by atoms with Crippen molar-refractivity contribution in [3.05, 3.63) is 24.0 Å². The van der Waals surface area contributed by atoms with Crippen LogP contribution in [0.3, 0.4) is 0 Å². The molecule has 0 bridgehead atoms. The fraction of sp³-hybridized carbons (Fsp3) is 0.333. The van der Waals surface area contributed by atoms with Crippen molar-refractivity contribution in [3.63, 3.8) is 0 Å². The summed E-state index contributed by atoms with van der Waals surface area (Å²) in [6.45, 7) is 1.28. The van der Waals surface area contributed by atoms with Crippen LogP contribution in [-0.4, -0.2) is 11.8 Å². The van der Waals surface area contributed by atoms with Gasteiger partial charge in [-0.15, -0.1) is 0 Å². The fourth-order valence-corrected chi connectivity index (χ4v) is 0.928. The normalized spacial score (nSPS) is 16.8. The summed E-state index contributed by atoms with van der Waals surface area (Å²) in [6.07, 6.45) is 6.24. The smallest absolute Gasteiger partial charge is 0.308 e. The van der Waals surface area contributed by atoms with Gasteiger partial charge in [-0.1, -0.05) is 12.2 Å². The lowest BCUT2D eigenvalue weighted by atomic mass is 10.2. The molecule has 0 atom stereocenters. The average molecular weight is 166 g/mol. The van der Waals surface area contributed by atoms with Crippen LogP contribution in [0.1, 0.15) is 19.8 Å². The Bertz CT molecular complexity index is 261. The molecule has 1 aliphatic carbocycles. The van der Waals surface area contributed by atoms with Gasteiger partial charge >= 0.3 is 5.97 Å². The molecular formula is C9H10O3. The van der Waals surface area contributed by atoms with E-state index in [4.69, 9.17) is 4.74 Å². The summed E-state index contributed by atoms with van der Waals surface area (Å²) in [5, 5.41) is 0. The lowest BCUT2D eigenvalue weighted by Gasteiger charge is -2.01. The molecule has 0 aromatic rings. The predicted octanol–water partition coefficient (Wildman–Crippen LogP) is 1.35. The van der Waals surface area contributed by atoms with Crippen molar-refractivity contribution in [3.8, 4) is 0 Å². The summed E-state index contributed by atoms with van der Waals surface area (Å²) in [5.74, 6) is -0.420. The number of carbonyl (C=O) groups is 2. The largest absolute Gasteiger partial charge is 0.423 e. The average Bonchev–Trinajstić information content (AvgIpc) is 2.16. The maximum Gasteiger partial charge on any atom is 0.308 e. The van der Waals surface area contributed by atoms with Gasteiger partial charge in [0.15, 0.2) is 11.5 Å². The van der Waals surface area contributed by atoms with Crippen molar-refractivity contribution in [2.75, 3.05) is 0 Å².